The third-order valence-corrected chi connectivity index (χ3v) is 6.06. The van der Waals surface area contributed by atoms with Gasteiger partial charge in [-0.05, 0) is 31.0 Å². The van der Waals surface area contributed by atoms with E-state index in [0.717, 1.165) is 30.1 Å². The van der Waals surface area contributed by atoms with Gasteiger partial charge in [-0.1, -0.05) is 35.3 Å². The molecule has 1 aromatic carbocycles. The fourth-order valence-electron chi connectivity index (χ4n) is 3.99. The lowest BCUT2D eigenvalue weighted by molar-refractivity contribution is -0.0502. The van der Waals surface area contributed by atoms with Crippen molar-refractivity contribution < 1.29 is 9.53 Å². The zero-order valence-electron chi connectivity index (χ0n) is 15.3. The van der Waals surface area contributed by atoms with Crippen molar-refractivity contribution >= 4 is 29.1 Å². The molecule has 144 valence electrons. The average molecular weight is 409 g/mol. The summed E-state index contributed by atoms with van der Waals surface area (Å²) in [5.74, 6) is -0.178. The summed E-state index contributed by atoms with van der Waals surface area (Å²) in [5.41, 5.74) is 2.20. The topological polar surface area (TPSA) is 59.4 Å². The quantitative estimate of drug-likeness (QED) is 0.847. The van der Waals surface area contributed by atoms with E-state index in [2.05, 4.69) is 15.3 Å². The smallest absolute Gasteiger partial charge is 0.271 e. The molecule has 0 saturated carbocycles. The summed E-state index contributed by atoms with van der Waals surface area (Å²) in [6.07, 6.45) is 0.898. The number of carbonyl (C=O) groups is 1. The van der Waals surface area contributed by atoms with Gasteiger partial charge in [0.15, 0.2) is 0 Å². The number of halogens is 2. The minimum atomic E-state index is -0.178. The van der Waals surface area contributed by atoms with Crippen LogP contribution in [-0.4, -0.2) is 52.4 Å². The number of ether oxygens (including phenoxy) is 1. The maximum Gasteiger partial charge on any atom is 0.271 e. The largest absolute Gasteiger partial charge is 0.371 e. The highest BCUT2D eigenvalue weighted by atomic mass is 35.5. The molecule has 2 fully saturated rings. The minimum absolute atomic E-state index is 0.0298. The first-order valence-corrected chi connectivity index (χ1v) is 9.79. The van der Waals surface area contributed by atoms with E-state index in [9.17, 15) is 4.79 Å². The summed E-state index contributed by atoms with van der Waals surface area (Å²) < 4.78 is 7.60. The molecule has 0 unspecified atom stereocenters. The fraction of sp³-hybridized carbons (Fsp3) is 0.474. The second-order valence-corrected chi connectivity index (χ2v) is 8.07. The molecule has 0 bridgehead atoms. The van der Waals surface area contributed by atoms with Crippen LogP contribution in [0.3, 0.4) is 0 Å². The molecular formula is C19H22Cl2N4O2. The third-order valence-electron chi connectivity index (χ3n) is 5.36. The van der Waals surface area contributed by atoms with Crippen LogP contribution in [0.25, 0.3) is 0 Å². The number of aryl methyl sites for hydroxylation is 2. The predicted octanol–water partition coefficient (Wildman–Crippen LogP) is 2.98. The number of nitrogens with one attached hydrogen (secondary N) is 1. The molecule has 2 saturated heterocycles. The number of fused-ring (bicyclic) bond motifs is 1. The molecule has 2 aliphatic rings. The van der Waals surface area contributed by atoms with Crippen molar-refractivity contribution in [2.75, 3.05) is 19.7 Å². The van der Waals surface area contributed by atoms with Crippen LogP contribution in [0.4, 0.5) is 0 Å². The number of hydrogen-bond donors (Lipinski definition) is 1. The Kier molecular flexibility index (Phi) is 5.16. The first-order valence-electron chi connectivity index (χ1n) is 9.03. The lowest BCUT2D eigenvalue weighted by Crippen LogP contribution is -2.43. The van der Waals surface area contributed by atoms with Crippen molar-refractivity contribution in [3.05, 3.63) is 51.3 Å². The third kappa shape index (κ3) is 3.72. The van der Waals surface area contributed by atoms with Crippen LogP contribution in [0.5, 0.6) is 0 Å². The van der Waals surface area contributed by atoms with Crippen LogP contribution < -0.4 is 5.32 Å². The Hall–Kier alpha value is -1.60. The molecule has 2 aromatic rings. The first kappa shape index (κ1) is 18.7. The van der Waals surface area contributed by atoms with E-state index >= 15 is 0 Å². The van der Waals surface area contributed by atoms with Crippen molar-refractivity contribution in [2.45, 2.75) is 31.5 Å². The Bertz CT molecular complexity index is 852. The number of nitrogens with zero attached hydrogens (tertiary/aromatic N) is 3. The van der Waals surface area contributed by atoms with E-state index in [-0.39, 0.29) is 18.1 Å². The van der Waals surface area contributed by atoms with Crippen LogP contribution >= 0.6 is 23.2 Å². The van der Waals surface area contributed by atoms with Crippen LogP contribution in [0, 0.1) is 6.92 Å². The second-order valence-electron chi connectivity index (χ2n) is 7.26. The second kappa shape index (κ2) is 7.43. The van der Waals surface area contributed by atoms with Gasteiger partial charge in [-0.25, -0.2) is 0 Å². The number of hydrogen-bond acceptors (Lipinski definition) is 4. The molecule has 27 heavy (non-hydrogen) atoms. The normalized spacial score (nSPS) is 25.4. The fourth-order valence-corrected chi connectivity index (χ4v) is 4.36. The summed E-state index contributed by atoms with van der Waals surface area (Å²) in [7, 11) is 1.73. The van der Waals surface area contributed by atoms with Crippen molar-refractivity contribution in [2.24, 2.45) is 7.05 Å². The summed E-state index contributed by atoms with van der Waals surface area (Å²) in [4.78, 5) is 15.1. The van der Waals surface area contributed by atoms with Crippen molar-refractivity contribution in [3.8, 4) is 0 Å². The standard InChI is InChI=1S/C19H22Cl2N4O2/c1-11-17(21)18(24(2)23-11)19(26)22-14-7-15-10-27-16(9-25(15)8-14)12-3-5-13(20)6-4-12/h3-6,14-16H,7-10H2,1-2H3,(H,22,26)/t14-,15-,16+/m0/s1. The molecule has 6 nitrogen and oxygen atoms in total. The van der Waals surface area contributed by atoms with Crippen LogP contribution in [0.2, 0.25) is 10.0 Å². The number of rotatable bonds is 3. The molecule has 3 heterocycles. The molecule has 3 atom stereocenters. The number of carbonyl (C=O) groups excluding carboxylic acids is 1. The Morgan fingerprint density at radius 3 is 2.67 bits per heavy atom. The molecule has 1 aromatic heterocycles. The molecular weight excluding hydrogens is 387 g/mol. The van der Waals surface area contributed by atoms with Gasteiger partial charge >= 0.3 is 0 Å². The summed E-state index contributed by atoms with van der Waals surface area (Å²) in [5, 5.41) is 8.46. The van der Waals surface area contributed by atoms with Crippen LogP contribution in [-0.2, 0) is 11.8 Å². The van der Waals surface area contributed by atoms with E-state index in [1.165, 1.54) is 4.68 Å². The highest BCUT2D eigenvalue weighted by Crippen LogP contribution is 2.31. The predicted molar refractivity (Wildman–Crippen MR) is 104 cm³/mol. The lowest BCUT2D eigenvalue weighted by atomic mass is 10.1. The van der Waals surface area contributed by atoms with Gasteiger partial charge in [0.25, 0.3) is 5.91 Å². The van der Waals surface area contributed by atoms with E-state index in [0.29, 0.717) is 29.1 Å². The summed E-state index contributed by atoms with van der Waals surface area (Å²) in [6, 6.07) is 8.19. The van der Waals surface area contributed by atoms with Crippen molar-refractivity contribution in [1.82, 2.24) is 20.0 Å². The number of amides is 1. The Morgan fingerprint density at radius 1 is 1.26 bits per heavy atom. The van der Waals surface area contributed by atoms with E-state index in [1.807, 2.05) is 24.3 Å². The first-order chi connectivity index (χ1) is 12.9. The zero-order valence-corrected chi connectivity index (χ0v) is 16.8. The van der Waals surface area contributed by atoms with Crippen LogP contribution in [0.1, 0.15) is 34.3 Å². The number of morpholine rings is 1. The Labute approximate surface area is 168 Å². The molecule has 0 spiro atoms. The van der Waals surface area contributed by atoms with Crippen molar-refractivity contribution in [3.63, 3.8) is 0 Å². The van der Waals surface area contributed by atoms with Gasteiger partial charge < -0.3 is 10.1 Å². The molecule has 2 aliphatic heterocycles. The van der Waals surface area contributed by atoms with Gasteiger partial charge in [-0.3, -0.25) is 14.4 Å². The minimum Gasteiger partial charge on any atom is -0.371 e. The molecule has 8 heteroatoms. The Balaban J connectivity index is 1.40. The maximum absolute atomic E-state index is 12.7. The van der Waals surface area contributed by atoms with Gasteiger partial charge in [0, 0.05) is 37.2 Å². The highest BCUT2D eigenvalue weighted by molar-refractivity contribution is 6.34. The van der Waals surface area contributed by atoms with Gasteiger partial charge in [0.05, 0.1) is 23.4 Å². The number of aromatic nitrogens is 2. The van der Waals surface area contributed by atoms with Crippen molar-refractivity contribution in [1.29, 1.82) is 0 Å². The maximum atomic E-state index is 12.7. The summed E-state index contributed by atoms with van der Waals surface area (Å²) >= 11 is 12.2. The highest BCUT2D eigenvalue weighted by Gasteiger charge is 2.38. The SMILES string of the molecule is Cc1nn(C)c(C(=O)N[C@H]2C[C@H]3CO[C@@H](c4ccc(Cl)cc4)CN3C2)c1Cl. The average Bonchev–Trinajstić information content (AvgIpc) is 3.14. The monoisotopic (exact) mass is 408 g/mol. The van der Waals surface area contributed by atoms with E-state index in [1.54, 1.807) is 14.0 Å². The lowest BCUT2D eigenvalue weighted by Gasteiger charge is -2.35. The van der Waals surface area contributed by atoms with Gasteiger partial charge in [0.2, 0.25) is 0 Å². The molecule has 1 amide bonds. The molecule has 1 N–H and O–H groups in total. The van der Waals surface area contributed by atoms with Gasteiger partial charge in [-0.2, -0.15) is 5.10 Å². The molecule has 4 rings (SSSR count). The number of benzene rings is 1. The molecule has 0 aliphatic carbocycles. The Morgan fingerprint density at radius 2 is 2.00 bits per heavy atom. The zero-order chi connectivity index (χ0) is 19.1. The summed E-state index contributed by atoms with van der Waals surface area (Å²) in [6.45, 7) is 4.07. The molecule has 0 radical (unpaired) electrons. The van der Waals surface area contributed by atoms with Crippen LogP contribution in [0.15, 0.2) is 24.3 Å². The van der Waals surface area contributed by atoms with E-state index in [4.69, 9.17) is 27.9 Å². The van der Waals surface area contributed by atoms with E-state index < -0.39 is 0 Å². The van der Waals surface area contributed by atoms with Gasteiger partial charge in [-0.15, -0.1) is 0 Å². The van der Waals surface area contributed by atoms with Gasteiger partial charge in [0.1, 0.15) is 5.69 Å².